The minimum atomic E-state index is -0.507. The maximum absolute atomic E-state index is 12.1. The van der Waals surface area contributed by atoms with Crippen LogP contribution in [0.4, 0.5) is 4.79 Å². The first-order valence-electron chi connectivity index (χ1n) is 8.46. The fourth-order valence-electron chi connectivity index (χ4n) is 2.17. The van der Waals surface area contributed by atoms with Crippen molar-refractivity contribution < 1.29 is 14.3 Å². The van der Waals surface area contributed by atoms with Crippen LogP contribution in [0, 0.1) is 0 Å². The van der Waals surface area contributed by atoms with E-state index in [1.807, 2.05) is 20.8 Å². The first kappa shape index (κ1) is 24.5. The topological polar surface area (TPSA) is 86.3 Å². The second-order valence-electron chi connectivity index (χ2n) is 7.18. The molecule has 1 unspecified atom stereocenters. The van der Waals surface area contributed by atoms with Crippen LogP contribution in [0.1, 0.15) is 27.2 Å². The third kappa shape index (κ3) is 9.25. The molecule has 0 aromatic carbocycles. The third-order valence-corrected chi connectivity index (χ3v) is 3.47. The van der Waals surface area contributed by atoms with Gasteiger partial charge in [0.1, 0.15) is 12.1 Å². The van der Waals surface area contributed by atoms with Gasteiger partial charge in [-0.05, 0) is 27.2 Å². The molecule has 1 atom stereocenters. The van der Waals surface area contributed by atoms with E-state index in [-0.39, 0.29) is 48.6 Å². The highest BCUT2D eigenvalue weighted by Crippen LogP contribution is 2.15. The van der Waals surface area contributed by atoms with Crippen LogP contribution in [-0.4, -0.2) is 79.7 Å². The minimum Gasteiger partial charge on any atom is -0.444 e. The molecular formula is C17H32IN5O3. The number of likely N-dealkylation sites (N-methyl/N-ethyl adjacent to an activating group) is 1. The monoisotopic (exact) mass is 481 g/mol. The molecule has 26 heavy (non-hydrogen) atoms. The molecule has 0 saturated carbocycles. The van der Waals surface area contributed by atoms with Gasteiger partial charge in [-0.15, -0.1) is 30.6 Å². The van der Waals surface area contributed by atoms with Crippen molar-refractivity contribution in [3.8, 4) is 0 Å². The Morgan fingerprint density at radius 2 is 2.04 bits per heavy atom. The molecule has 1 aliphatic rings. The zero-order valence-corrected chi connectivity index (χ0v) is 18.7. The number of nitrogens with one attached hydrogen (secondary N) is 2. The van der Waals surface area contributed by atoms with E-state index >= 15 is 0 Å². The van der Waals surface area contributed by atoms with Crippen LogP contribution >= 0.6 is 24.0 Å². The molecule has 2 N–H and O–H groups in total. The summed E-state index contributed by atoms with van der Waals surface area (Å²) in [4.78, 5) is 31.3. The lowest BCUT2D eigenvalue weighted by molar-refractivity contribution is -0.127. The maximum atomic E-state index is 12.1. The molecule has 0 bridgehead atoms. The van der Waals surface area contributed by atoms with Crippen LogP contribution in [0.3, 0.4) is 0 Å². The largest absolute Gasteiger partial charge is 0.444 e. The van der Waals surface area contributed by atoms with Crippen LogP contribution in [-0.2, 0) is 9.53 Å². The Morgan fingerprint density at radius 1 is 1.38 bits per heavy atom. The van der Waals surface area contributed by atoms with Gasteiger partial charge in [0.05, 0.1) is 0 Å². The van der Waals surface area contributed by atoms with E-state index in [4.69, 9.17) is 4.74 Å². The van der Waals surface area contributed by atoms with Crippen LogP contribution in [0.5, 0.6) is 0 Å². The number of hydrogen-bond donors (Lipinski definition) is 2. The molecule has 0 radical (unpaired) electrons. The standard InChI is InChI=1S/C17H31N5O3.HI/c1-7-9-18-15(19-11-14(23)21(5)6)20-13-8-10-22(12-13)16(24)25-17(2,3)4;/h7,13H,1,8-12H2,2-6H3,(H2,18,19,20);1H. The van der Waals surface area contributed by atoms with Crippen molar-refractivity contribution in [1.29, 1.82) is 0 Å². The summed E-state index contributed by atoms with van der Waals surface area (Å²) in [5, 5.41) is 6.35. The molecule has 1 aliphatic heterocycles. The Balaban J connectivity index is 0.00000625. The van der Waals surface area contributed by atoms with E-state index in [0.717, 1.165) is 6.42 Å². The fourth-order valence-corrected chi connectivity index (χ4v) is 2.17. The first-order chi connectivity index (χ1) is 11.6. The van der Waals surface area contributed by atoms with E-state index in [0.29, 0.717) is 25.6 Å². The molecular weight excluding hydrogens is 449 g/mol. The lowest BCUT2D eigenvalue weighted by atomic mass is 10.2. The number of guanidine groups is 1. The molecule has 1 heterocycles. The molecule has 1 saturated heterocycles. The smallest absolute Gasteiger partial charge is 0.410 e. The number of hydrogen-bond acceptors (Lipinski definition) is 4. The highest BCUT2D eigenvalue weighted by atomic mass is 127. The van der Waals surface area contributed by atoms with Crippen LogP contribution in [0.25, 0.3) is 0 Å². The van der Waals surface area contributed by atoms with Crippen molar-refractivity contribution in [2.75, 3.05) is 40.3 Å². The lowest BCUT2D eigenvalue weighted by Gasteiger charge is -2.24. The summed E-state index contributed by atoms with van der Waals surface area (Å²) in [6.45, 7) is 11.0. The van der Waals surface area contributed by atoms with Gasteiger partial charge >= 0.3 is 6.09 Å². The first-order valence-corrected chi connectivity index (χ1v) is 8.46. The van der Waals surface area contributed by atoms with Crippen molar-refractivity contribution in [3.63, 3.8) is 0 Å². The normalized spacial score (nSPS) is 17.2. The number of halogens is 1. The third-order valence-electron chi connectivity index (χ3n) is 3.47. The quantitative estimate of drug-likeness (QED) is 0.269. The highest BCUT2D eigenvalue weighted by molar-refractivity contribution is 14.0. The maximum Gasteiger partial charge on any atom is 0.410 e. The molecule has 150 valence electrons. The summed E-state index contributed by atoms with van der Waals surface area (Å²) in [5.41, 5.74) is -0.507. The summed E-state index contributed by atoms with van der Waals surface area (Å²) in [6.07, 6.45) is 2.19. The van der Waals surface area contributed by atoms with Gasteiger partial charge in [0.25, 0.3) is 0 Å². The summed E-state index contributed by atoms with van der Waals surface area (Å²) in [6, 6.07) is 0.0537. The molecule has 8 nitrogen and oxygen atoms in total. The van der Waals surface area contributed by atoms with Crippen molar-refractivity contribution in [2.24, 2.45) is 4.99 Å². The number of rotatable bonds is 5. The molecule has 2 amide bonds. The summed E-state index contributed by atoms with van der Waals surface area (Å²) in [7, 11) is 3.38. The average Bonchev–Trinajstić information content (AvgIpc) is 2.96. The van der Waals surface area contributed by atoms with E-state index < -0.39 is 5.60 Å². The SMILES string of the molecule is C=CCNC(=NCC(=O)N(C)C)NC1CCN(C(=O)OC(C)(C)C)C1.I. The Labute approximate surface area is 173 Å². The van der Waals surface area contributed by atoms with Gasteiger partial charge in [0, 0.05) is 39.8 Å². The molecule has 1 fully saturated rings. The van der Waals surface area contributed by atoms with E-state index in [2.05, 4.69) is 22.2 Å². The predicted octanol–water partition coefficient (Wildman–Crippen LogP) is 1.42. The Kier molecular flexibility index (Phi) is 10.6. The minimum absolute atomic E-state index is 0. The van der Waals surface area contributed by atoms with Crippen LogP contribution < -0.4 is 10.6 Å². The second-order valence-corrected chi connectivity index (χ2v) is 7.18. The van der Waals surface area contributed by atoms with Crippen molar-refractivity contribution in [3.05, 3.63) is 12.7 Å². The number of nitrogens with zero attached hydrogens (tertiary/aromatic N) is 3. The number of amides is 2. The molecule has 0 aliphatic carbocycles. The predicted molar refractivity (Wildman–Crippen MR) is 114 cm³/mol. The van der Waals surface area contributed by atoms with Gasteiger partial charge < -0.3 is 25.2 Å². The summed E-state index contributed by atoms with van der Waals surface area (Å²) >= 11 is 0. The van der Waals surface area contributed by atoms with Crippen LogP contribution in [0.2, 0.25) is 0 Å². The van der Waals surface area contributed by atoms with Gasteiger partial charge in [-0.3, -0.25) is 4.79 Å². The highest BCUT2D eigenvalue weighted by Gasteiger charge is 2.30. The number of ether oxygens (including phenoxy) is 1. The fraction of sp³-hybridized carbons (Fsp3) is 0.706. The molecule has 0 spiro atoms. The average molecular weight is 481 g/mol. The van der Waals surface area contributed by atoms with E-state index in [9.17, 15) is 9.59 Å². The van der Waals surface area contributed by atoms with Crippen LogP contribution in [0.15, 0.2) is 17.6 Å². The molecule has 0 aromatic rings. The second kappa shape index (κ2) is 11.2. The van der Waals surface area contributed by atoms with E-state index in [1.165, 1.54) is 4.90 Å². The Morgan fingerprint density at radius 3 is 2.58 bits per heavy atom. The van der Waals surface area contributed by atoms with Gasteiger partial charge in [0.2, 0.25) is 5.91 Å². The van der Waals surface area contributed by atoms with Gasteiger partial charge in [0.15, 0.2) is 5.96 Å². The number of likely N-dealkylation sites (tertiary alicyclic amines) is 1. The van der Waals surface area contributed by atoms with Gasteiger partial charge in [-0.2, -0.15) is 0 Å². The van der Waals surface area contributed by atoms with Gasteiger partial charge in [-0.1, -0.05) is 6.08 Å². The summed E-state index contributed by atoms with van der Waals surface area (Å²) < 4.78 is 5.40. The number of carbonyl (C=O) groups is 2. The summed E-state index contributed by atoms with van der Waals surface area (Å²) in [5.74, 6) is 0.452. The van der Waals surface area contributed by atoms with E-state index in [1.54, 1.807) is 25.1 Å². The Bertz CT molecular complexity index is 517. The molecule has 9 heteroatoms. The Hall–Kier alpha value is -1.52. The number of carbonyl (C=O) groups excluding carboxylic acids is 2. The zero-order chi connectivity index (χ0) is 19.0. The lowest BCUT2D eigenvalue weighted by Crippen LogP contribution is -2.46. The van der Waals surface area contributed by atoms with Gasteiger partial charge in [-0.25, -0.2) is 9.79 Å². The van der Waals surface area contributed by atoms with Crippen molar-refractivity contribution >= 4 is 41.9 Å². The molecule has 1 rings (SSSR count). The molecule has 0 aromatic heterocycles. The zero-order valence-electron chi connectivity index (χ0n) is 16.4. The van der Waals surface area contributed by atoms with Crippen molar-refractivity contribution in [1.82, 2.24) is 20.4 Å². The number of aliphatic imine (C=N–C) groups is 1. The van der Waals surface area contributed by atoms with Crippen molar-refractivity contribution in [2.45, 2.75) is 38.8 Å².